The minimum absolute atomic E-state index is 0.0000628. The molecular weight excluding hydrogens is 545 g/mol. The number of hydrogen-bond donors (Lipinski definition) is 3. The summed E-state index contributed by atoms with van der Waals surface area (Å²) in [6.45, 7) is 3.62. The zero-order valence-electron chi connectivity index (χ0n) is 21.7. The number of carbonyl (C=O) groups is 2. The van der Waals surface area contributed by atoms with Crippen molar-refractivity contribution in [1.29, 1.82) is 0 Å². The Hall–Kier alpha value is -2.87. The van der Waals surface area contributed by atoms with Crippen molar-refractivity contribution in [2.24, 2.45) is 5.92 Å². The van der Waals surface area contributed by atoms with E-state index < -0.39 is 65.3 Å². The Morgan fingerprint density at radius 1 is 1.26 bits per heavy atom. The first-order valence-corrected chi connectivity index (χ1v) is 13.4. The lowest BCUT2D eigenvalue weighted by Gasteiger charge is -2.21. The van der Waals surface area contributed by atoms with Crippen molar-refractivity contribution in [2.75, 3.05) is 25.0 Å². The average Bonchev–Trinajstić information content (AvgIpc) is 3.46. The molecule has 1 saturated heterocycles. The maximum Gasteiger partial charge on any atom is 0.417 e. The molecule has 2 fully saturated rings. The van der Waals surface area contributed by atoms with E-state index in [0.717, 1.165) is 36.4 Å². The van der Waals surface area contributed by atoms with Crippen LogP contribution in [-0.2, 0) is 6.18 Å². The quantitative estimate of drug-likeness (QED) is 0.371. The van der Waals surface area contributed by atoms with Gasteiger partial charge in [-0.15, -0.1) is 11.3 Å². The molecule has 3 N–H and O–H groups in total. The van der Waals surface area contributed by atoms with Gasteiger partial charge in [-0.05, 0) is 39.2 Å². The molecule has 0 spiro atoms. The van der Waals surface area contributed by atoms with Crippen LogP contribution in [0.15, 0.2) is 12.3 Å². The number of thiazole rings is 1. The molecule has 4 rings (SSSR count). The third kappa shape index (κ3) is 7.21. The van der Waals surface area contributed by atoms with Gasteiger partial charge in [-0.2, -0.15) is 13.2 Å². The molecule has 0 bridgehead atoms. The van der Waals surface area contributed by atoms with Gasteiger partial charge in [0.2, 0.25) is 0 Å². The number of aliphatic hydroxyl groups is 1. The Bertz CT molecular complexity index is 1240. The Balaban J connectivity index is 1.74. The summed E-state index contributed by atoms with van der Waals surface area (Å²) in [5, 5.41) is 14.9. The summed E-state index contributed by atoms with van der Waals surface area (Å²) < 4.78 is 70.7. The number of amides is 2. The summed E-state index contributed by atoms with van der Waals surface area (Å²) in [5.74, 6) is -4.44. The van der Waals surface area contributed by atoms with Crippen LogP contribution in [0.3, 0.4) is 0 Å². The molecule has 2 aliphatic rings. The second-order valence-electron chi connectivity index (χ2n) is 10.8. The van der Waals surface area contributed by atoms with Gasteiger partial charge in [0.25, 0.3) is 17.7 Å². The van der Waals surface area contributed by atoms with Crippen LogP contribution in [-0.4, -0.2) is 69.0 Å². The number of aromatic nitrogens is 2. The van der Waals surface area contributed by atoms with Crippen molar-refractivity contribution < 1.29 is 36.6 Å². The van der Waals surface area contributed by atoms with E-state index in [0.29, 0.717) is 23.8 Å². The van der Waals surface area contributed by atoms with Crippen LogP contribution in [0.5, 0.6) is 0 Å². The number of rotatable bonds is 9. The standard InChI is InChI=1S/C25H30F5N5O3S/c1-13-9-24(26,27)12-35(13)22(37)18-19(39-21(34-18)20(36)33-11-23(2,3)38)15-10-32-17(8-16(15)25(28,29)30)31-7-6-14-4-5-14/h8,10,13-14,38H,4-7,9,11-12H2,1-3H3,(H,31,32)(H,33,36)/t13-/m0/s1. The van der Waals surface area contributed by atoms with Gasteiger partial charge >= 0.3 is 6.18 Å². The molecule has 2 aromatic heterocycles. The van der Waals surface area contributed by atoms with E-state index in [2.05, 4.69) is 20.6 Å². The molecule has 2 amide bonds. The van der Waals surface area contributed by atoms with E-state index in [1.807, 2.05) is 0 Å². The first kappa shape index (κ1) is 29.1. The lowest BCUT2D eigenvalue weighted by molar-refractivity contribution is -0.137. The number of nitrogens with one attached hydrogen (secondary N) is 2. The second-order valence-corrected chi connectivity index (χ2v) is 11.8. The highest BCUT2D eigenvalue weighted by Gasteiger charge is 2.46. The number of hydrogen-bond acceptors (Lipinski definition) is 7. The fourth-order valence-electron chi connectivity index (χ4n) is 4.32. The smallest absolute Gasteiger partial charge is 0.389 e. The monoisotopic (exact) mass is 575 g/mol. The molecule has 0 radical (unpaired) electrons. The summed E-state index contributed by atoms with van der Waals surface area (Å²) in [7, 11) is 0. The Morgan fingerprint density at radius 3 is 2.51 bits per heavy atom. The van der Waals surface area contributed by atoms with Crippen molar-refractivity contribution in [3.8, 4) is 10.4 Å². The summed E-state index contributed by atoms with van der Waals surface area (Å²) in [6, 6.07) is -0.0654. The van der Waals surface area contributed by atoms with Crippen molar-refractivity contribution in [1.82, 2.24) is 20.2 Å². The van der Waals surface area contributed by atoms with Crippen molar-refractivity contribution >= 4 is 29.0 Å². The van der Waals surface area contributed by atoms with Crippen LogP contribution in [0.4, 0.5) is 27.8 Å². The van der Waals surface area contributed by atoms with E-state index >= 15 is 0 Å². The van der Waals surface area contributed by atoms with Crippen molar-refractivity contribution in [3.63, 3.8) is 0 Å². The van der Waals surface area contributed by atoms with Crippen LogP contribution in [0.1, 0.15) is 72.3 Å². The second kappa shape index (κ2) is 10.6. The molecule has 0 aromatic carbocycles. The lowest BCUT2D eigenvalue weighted by Crippen LogP contribution is -2.38. The van der Waals surface area contributed by atoms with Crippen LogP contribution < -0.4 is 10.6 Å². The lowest BCUT2D eigenvalue weighted by atomic mass is 10.1. The molecule has 8 nitrogen and oxygen atoms in total. The third-order valence-corrected chi connectivity index (χ3v) is 7.59. The molecule has 1 atom stereocenters. The van der Waals surface area contributed by atoms with Crippen molar-refractivity contribution in [2.45, 2.75) is 70.2 Å². The van der Waals surface area contributed by atoms with Gasteiger partial charge in [-0.1, -0.05) is 12.8 Å². The maximum atomic E-state index is 14.2. The molecule has 214 valence electrons. The molecule has 3 heterocycles. The first-order valence-electron chi connectivity index (χ1n) is 12.6. The van der Waals surface area contributed by atoms with Crippen LogP contribution >= 0.6 is 11.3 Å². The van der Waals surface area contributed by atoms with Gasteiger partial charge in [-0.3, -0.25) is 9.59 Å². The highest BCUT2D eigenvalue weighted by molar-refractivity contribution is 7.17. The SMILES string of the molecule is C[C@H]1CC(F)(F)CN1C(=O)c1nc(C(=O)NCC(C)(C)O)sc1-c1cnc(NCCC2CC2)cc1C(F)(F)F. The van der Waals surface area contributed by atoms with E-state index in [9.17, 15) is 36.6 Å². The summed E-state index contributed by atoms with van der Waals surface area (Å²) in [6.07, 6.45) is -1.51. The minimum atomic E-state index is -4.85. The maximum absolute atomic E-state index is 14.2. The molecule has 2 aromatic rings. The molecule has 39 heavy (non-hydrogen) atoms. The average molecular weight is 576 g/mol. The Labute approximate surface area is 226 Å². The van der Waals surface area contributed by atoms with Crippen LogP contribution in [0, 0.1) is 5.92 Å². The van der Waals surface area contributed by atoms with Gasteiger partial charge in [0.05, 0.1) is 22.6 Å². The molecule has 14 heteroatoms. The summed E-state index contributed by atoms with van der Waals surface area (Å²) in [5.41, 5.74) is -3.43. The van der Waals surface area contributed by atoms with Gasteiger partial charge in [-0.25, -0.2) is 18.7 Å². The number of halogens is 5. The van der Waals surface area contributed by atoms with Gasteiger partial charge in [0.1, 0.15) is 11.5 Å². The first-order chi connectivity index (χ1) is 18.0. The molecule has 0 unspecified atom stereocenters. The van der Waals surface area contributed by atoms with E-state index in [-0.39, 0.29) is 22.2 Å². The van der Waals surface area contributed by atoms with Crippen LogP contribution in [0.2, 0.25) is 0 Å². The predicted octanol–water partition coefficient (Wildman–Crippen LogP) is 4.81. The van der Waals surface area contributed by atoms with E-state index in [4.69, 9.17) is 0 Å². The van der Waals surface area contributed by atoms with Gasteiger partial charge < -0.3 is 20.6 Å². The zero-order valence-corrected chi connectivity index (χ0v) is 22.5. The summed E-state index contributed by atoms with van der Waals surface area (Å²) in [4.78, 5) is 34.8. The highest BCUT2D eigenvalue weighted by atomic mass is 32.1. The highest BCUT2D eigenvalue weighted by Crippen LogP contribution is 2.42. The number of anilines is 1. The van der Waals surface area contributed by atoms with E-state index in [1.54, 1.807) is 0 Å². The number of pyridine rings is 1. The zero-order chi connectivity index (χ0) is 28.8. The number of carbonyl (C=O) groups excluding carboxylic acids is 2. The largest absolute Gasteiger partial charge is 0.417 e. The number of alkyl halides is 5. The van der Waals surface area contributed by atoms with Crippen molar-refractivity contribution in [3.05, 3.63) is 28.5 Å². The Morgan fingerprint density at radius 2 is 1.95 bits per heavy atom. The van der Waals surface area contributed by atoms with Gasteiger partial charge in [0.15, 0.2) is 5.01 Å². The summed E-state index contributed by atoms with van der Waals surface area (Å²) >= 11 is 0.526. The number of nitrogens with zero attached hydrogens (tertiary/aromatic N) is 3. The fourth-order valence-corrected chi connectivity index (χ4v) is 5.31. The van der Waals surface area contributed by atoms with Gasteiger partial charge in [0, 0.05) is 37.3 Å². The molecular formula is C25H30F5N5O3S. The van der Waals surface area contributed by atoms with E-state index in [1.165, 1.54) is 20.8 Å². The van der Waals surface area contributed by atoms with Crippen LogP contribution in [0.25, 0.3) is 10.4 Å². The number of likely N-dealkylation sites (tertiary alicyclic amines) is 1. The molecule has 1 aliphatic heterocycles. The molecule has 1 aliphatic carbocycles. The Kier molecular flexibility index (Phi) is 7.92. The normalized spacial score (nSPS) is 19.3. The fraction of sp³-hybridized carbons (Fsp3) is 0.600. The predicted molar refractivity (Wildman–Crippen MR) is 135 cm³/mol. The third-order valence-electron chi connectivity index (χ3n) is 6.50. The topological polar surface area (TPSA) is 107 Å². The molecule has 1 saturated carbocycles. The minimum Gasteiger partial charge on any atom is -0.389 e.